The summed E-state index contributed by atoms with van der Waals surface area (Å²) in [6.45, 7) is 19.4. The van der Waals surface area contributed by atoms with Crippen molar-refractivity contribution in [3.63, 3.8) is 0 Å². The van der Waals surface area contributed by atoms with E-state index in [1.807, 2.05) is 0 Å². The smallest absolute Gasteiger partial charge is 0.331 e. The van der Waals surface area contributed by atoms with Gasteiger partial charge in [0.05, 0.1) is 12.7 Å². The van der Waals surface area contributed by atoms with Crippen LogP contribution >= 0.6 is 0 Å². The molecule has 0 aromatic rings. The molecule has 0 aromatic carbocycles. The van der Waals surface area contributed by atoms with E-state index in [0.29, 0.717) is 36.2 Å². The SMILES string of the molecule is C=C(C)C1CC[C@]2(COC(=O)C=CC(=O)O)CC[C@]3(C)[C@H](CC[C@@H]4[C@@]5(C)CC[C@H](O)C(C)(C)[C@@H]5CC[C@]43C)[C@@H]12. The second kappa shape index (κ2) is 9.46. The summed E-state index contributed by atoms with van der Waals surface area (Å²) in [6.07, 6.45) is 13.0. The molecular weight excluding hydrogens is 488 g/mol. The summed E-state index contributed by atoms with van der Waals surface area (Å²) in [4.78, 5) is 23.3. The molecule has 5 aliphatic rings. The van der Waals surface area contributed by atoms with E-state index in [-0.39, 0.29) is 33.2 Å². The maximum atomic E-state index is 12.4. The molecule has 0 saturated heterocycles. The fourth-order valence-corrected chi connectivity index (χ4v) is 11.9. The van der Waals surface area contributed by atoms with Gasteiger partial charge in [-0.2, -0.15) is 0 Å². The topological polar surface area (TPSA) is 83.8 Å². The Morgan fingerprint density at radius 2 is 1.59 bits per heavy atom. The van der Waals surface area contributed by atoms with E-state index in [9.17, 15) is 14.7 Å². The van der Waals surface area contributed by atoms with Crippen molar-refractivity contribution in [1.82, 2.24) is 0 Å². The second-order valence-electron chi connectivity index (χ2n) is 15.7. The highest BCUT2D eigenvalue weighted by Gasteiger charge is 2.70. The van der Waals surface area contributed by atoms with Gasteiger partial charge in [0, 0.05) is 17.6 Å². The number of aliphatic hydroxyl groups excluding tert-OH is 1. The molecule has 5 fully saturated rings. The summed E-state index contributed by atoms with van der Waals surface area (Å²) in [7, 11) is 0. The molecule has 10 atom stereocenters. The number of carboxylic acids is 1. The number of esters is 1. The van der Waals surface area contributed by atoms with Gasteiger partial charge < -0.3 is 14.9 Å². The summed E-state index contributed by atoms with van der Waals surface area (Å²) < 4.78 is 5.79. The quantitative estimate of drug-likeness (QED) is 0.219. The summed E-state index contributed by atoms with van der Waals surface area (Å²) in [5.41, 5.74) is 1.88. The van der Waals surface area contributed by atoms with Gasteiger partial charge in [-0.1, -0.05) is 46.8 Å². The molecule has 0 heterocycles. The number of aliphatic hydroxyl groups is 1. The Bertz CT molecular complexity index is 1060. The first-order valence-corrected chi connectivity index (χ1v) is 15.5. The first-order valence-electron chi connectivity index (χ1n) is 15.5. The maximum absolute atomic E-state index is 12.4. The number of carbonyl (C=O) groups excluding carboxylic acids is 1. The van der Waals surface area contributed by atoms with Crippen molar-refractivity contribution in [2.45, 2.75) is 112 Å². The fourth-order valence-electron chi connectivity index (χ4n) is 11.9. The zero-order valence-corrected chi connectivity index (χ0v) is 25.2. The molecule has 2 N–H and O–H groups in total. The predicted octanol–water partition coefficient (Wildman–Crippen LogP) is 7.19. The molecule has 218 valence electrons. The Balaban J connectivity index is 1.47. The largest absolute Gasteiger partial charge is 0.478 e. The van der Waals surface area contributed by atoms with E-state index in [4.69, 9.17) is 9.84 Å². The van der Waals surface area contributed by atoms with Crippen molar-refractivity contribution in [2.75, 3.05) is 6.61 Å². The van der Waals surface area contributed by atoms with Gasteiger partial charge in [-0.25, -0.2) is 9.59 Å². The lowest BCUT2D eigenvalue weighted by atomic mass is 9.32. The van der Waals surface area contributed by atoms with E-state index in [0.717, 1.165) is 50.7 Å². The molecule has 5 rings (SSSR count). The van der Waals surface area contributed by atoms with Crippen LogP contribution in [-0.4, -0.2) is 34.9 Å². The monoisotopic (exact) mass is 540 g/mol. The normalized spacial score (nSPS) is 48.4. The Hall–Kier alpha value is -1.62. The van der Waals surface area contributed by atoms with Crippen LogP contribution in [0.4, 0.5) is 0 Å². The zero-order chi connectivity index (χ0) is 28.6. The third-order valence-electron chi connectivity index (χ3n) is 14.1. The number of ether oxygens (including phenoxy) is 1. The Morgan fingerprint density at radius 3 is 2.26 bits per heavy atom. The van der Waals surface area contributed by atoms with E-state index in [2.05, 4.69) is 48.1 Å². The number of carbonyl (C=O) groups is 2. The molecule has 0 amide bonds. The van der Waals surface area contributed by atoms with Gasteiger partial charge in [-0.15, -0.1) is 0 Å². The van der Waals surface area contributed by atoms with Gasteiger partial charge in [0.15, 0.2) is 0 Å². The highest BCUT2D eigenvalue weighted by Crippen LogP contribution is 2.77. The predicted molar refractivity (Wildman–Crippen MR) is 153 cm³/mol. The molecule has 39 heavy (non-hydrogen) atoms. The number of hydrogen-bond acceptors (Lipinski definition) is 4. The van der Waals surface area contributed by atoms with Crippen molar-refractivity contribution in [3.8, 4) is 0 Å². The average Bonchev–Trinajstić information content (AvgIpc) is 3.25. The minimum absolute atomic E-state index is 0.0384. The highest BCUT2D eigenvalue weighted by molar-refractivity contribution is 5.90. The van der Waals surface area contributed by atoms with Crippen molar-refractivity contribution < 1.29 is 24.5 Å². The van der Waals surface area contributed by atoms with Crippen LogP contribution in [-0.2, 0) is 14.3 Å². The molecule has 0 bridgehead atoms. The number of aliphatic carboxylic acids is 1. The van der Waals surface area contributed by atoms with Crippen LogP contribution in [0.25, 0.3) is 0 Å². The molecule has 0 spiro atoms. The first-order chi connectivity index (χ1) is 18.1. The molecule has 1 unspecified atom stereocenters. The Kier molecular flexibility index (Phi) is 7.01. The van der Waals surface area contributed by atoms with Crippen molar-refractivity contribution in [1.29, 1.82) is 0 Å². The van der Waals surface area contributed by atoms with Crippen LogP contribution in [0.3, 0.4) is 0 Å². The number of carboxylic acid groups (broad SMARTS) is 1. The molecule has 0 aromatic heterocycles. The molecule has 5 aliphatic carbocycles. The van der Waals surface area contributed by atoms with Crippen LogP contribution < -0.4 is 0 Å². The Labute approximate surface area is 235 Å². The van der Waals surface area contributed by atoms with Crippen LogP contribution in [0.5, 0.6) is 0 Å². The average molecular weight is 541 g/mol. The van der Waals surface area contributed by atoms with Crippen LogP contribution in [0.15, 0.2) is 24.3 Å². The van der Waals surface area contributed by atoms with E-state index in [1.54, 1.807) is 0 Å². The van der Waals surface area contributed by atoms with Crippen molar-refractivity contribution >= 4 is 11.9 Å². The first kappa shape index (κ1) is 28.9. The van der Waals surface area contributed by atoms with Gasteiger partial charge in [-0.3, -0.25) is 0 Å². The zero-order valence-electron chi connectivity index (χ0n) is 25.2. The van der Waals surface area contributed by atoms with Crippen LogP contribution in [0.1, 0.15) is 106 Å². The highest BCUT2D eigenvalue weighted by atomic mass is 16.5. The van der Waals surface area contributed by atoms with E-state index >= 15 is 0 Å². The molecule has 5 saturated carbocycles. The number of rotatable bonds is 5. The van der Waals surface area contributed by atoms with Crippen LogP contribution in [0.2, 0.25) is 0 Å². The van der Waals surface area contributed by atoms with Crippen molar-refractivity contribution in [3.05, 3.63) is 24.3 Å². The molecule has 5 nitrogen and oxygen atoms in total. The van der Waals surface area contributed by atoms with Gasteiger partial charge in [0.25, 0.3) is 0 Å². The number of fused-ring (bicyclic) bond motifs is 7. The Morgan fingerprint density at radius 1 is 0.872 bits per heavy atom. The summed E-state index contributed by atoms with van der Waals surface area (Å²) in [5, 5.41) is 19.9. The molecule has 0 radical (unpaired) electrons. The fraction of sp³-hybridized carbons (Fsp3) is 0.824. The summed E-state index contributed by atoms with van der Waals surface area (Å²) in [6, 6.07) is 0. The van der Waals surface area contributed by atoms with Gasteiger partial charge in [0.2, 0.25) is 0 Å². The van der Waals surface area contributed by atoms with E-state index in [1.165, 1.54) is 31.3 Å². The minimum Gasteiger partial charge on any atom is -0.478 e. The molecular formula is C34H52O5. The summed E-state index contributed by atoms with van der Waals surface area (Å²) >= 11 is 0. The molecule has 5 heteroatoms. The van der Waals surface area contributed by atoms with E-state index < -0.39 is 11.9 Å². The number of allylic oxidation sites excluding steroid dienone is 1. The third kappa shape index (κ3) is 4.10. The minimum atomic E-state index is -1.14. The maximum Gasteiger partial charge on any atom is 0.331 e. The van der Waals surface area contributed by atoms with Crippen LogP contribution in [0, 0.1) is 56.7 Å². The lowest BCUT2D eigenvalue weighted by Gasteiger charge is -2.73. The summed E-state index contributed by atoms with van der Waals surface area (Å²) in [5.74, 6) is 0.977. The standard InChI is InChI=1S/C34H52O5/c1-21(2)22-12-17-34(20-39-28(38)11-10-27(36)37)19-18-32(6)23(29(22)34)8-9-25-31(5)15-14-26(35)30(3,4)24(31)13-16-33(25,32)7/h10-11,22-26,29,35H,1,8-9,12-20H2,2-7H3,(H,36,37)/t22?,23-,24+,25-,26+,29-,31+,32-,33-,34-/m1/s1. The van der Waals surface area contributed by atoms with Crippen molar-refractivity contribution in [2.24, 2.45) is 56.7 Å². The lowest BCUT2D eigenvalue weighted by Crippen LogP contribution is -2.66. The number of hydrogen-bond donors (Lipinski definition) is 2. The lowest BCUT2D eigenvalue weighted by molar-refractivity contribution is -0.249. The van der Waals surface area contributed by atoms with Gasteiger partial charge >= 0.3 is 11.9 Å². The van der Waals surface area contributed by atoms with Gasteiger partial charge in [0.1, 0.15) is 0 Å². The second-order valence-corrected chi connectivity index (χ2v) is 15.7. The third-order valence-corrected chi connectivity index (χ3v) is 14.1. The van der Waals surface area contributed by atoms with Gasteiger partial charge in [-0.05, 0) is 122 Å². The molecule has 0 aliphatic heterocycles.